The smallest absolute Gasteiger partial charge is 0.442 e. The second-order valence-corrected chi connectivity index (χ2v) is 14.8. The number of aromatic nitrogens is 4. The Hall–Kier alpha value is -4.24. The van der Waals surface area contributed by atoms with Gasteiger partial charge in [0, 0.05) is 19.6 Å². The zero-order valence-corrected chi connectivity index (χ0v) is 32.0. The number of hydrogen-bond acceptors (Lipinski definition) is 10. The van der Waals surface area contributed by atoms with Crippen molar-refractivity contribution in [3.63, 3.8) is 0 Å². The van der Waals surface area contributed by atoms with Crippen LogP contribution < -0.4 is 27.9 Å². The van der Waals surface area contributed by atoms with Crippen LogP contribution in [0.5, 0.6) is 0 Å². The molecular weight excluding hydrogens is 711 g/mol. The van der Waals surface area contributed by atoms with E-state index in [0.29, 0.717) is 41.9 Å². The molecular formula is C36H48Cl2N8O6. The van der Waals surface area contributed by atoms with E-state index in [4.69, 9.17) is 49.2 Å². The molecule has 16 heteroatoms. The monoisotopic (exact) mass is 758 g/mol. The van der Waals surface area contributed by atoms with E-state index in [9.17, 15) is 19.2 Å². The van der Waals surface area contributed by atoms with Gasteiger partial charge in [0.25, 0.3) is 11.1 Å². The highest BCUT2D eigenvalue weighted by Gasteiger charge is 2.26. The quantitative estimate of drug-likeness (QED) is 0.104. The van der Waals surface area contributed by atoms with Crippen LogP contribution in [-0.2, 0) is 22.7 Å². The summed E-state index contributed by atoms with van der Waals surface area (Å²) >= 11 is 12.7. The largest absolute Gasteiger partial charge is 0.443 e. The Morgan fingerprint density at radius 2 is 1.40 bits per heavy atom. The van der Waals surface area contributed by atoms with E-state index in [1.54, 1.807) is 57.2 Å². The lowest BCUT2D eigenvalue weighted by Crippen LogP contribution is -2.42. The highest BCUT2D eigenvalue weighted by Crippen LogP contribution is 2.24. The molecule has 0 radical (unpaired) electrons. The first-order chi connectivity index (χ1) is 24.5. The fourth-order valence-corrected chi connectivity index (χ4v) is 6.20. The molecule has 2 aromatic heterocycles. The first kappa shape index (κ1) is 40.5. The molecule has 0 aliphatic heterocycles. The molecule has 5 N–H and O–H groups in total. The third kappa shape index (κ3) is 10.00. The molecule has 0 fully saturated rings. The summed E-state index contributed by atoms with van der Waals surface area (Å²) in [6.07, 6.45) is -0.197. The van der Waals surface area contributed by atoms with Gasteiger partial charge in [-0.2, -0.15) is 0 Å². The lowest BCUT2D eigenvalue weighted by molar-refractivity contribution is -0.101. The average molecular weight is 760 g/mol. The number of benzene rings is 2. The van der Waals surface area contributed by atoms with E-state index >= 15 is 0 Å². The van der Waals surface area contributed by atoms with Crippen LogP contribution in [0.2, 0.25) is 10.0 Å². The van der Waals surface area contributed by atoms with Crippen molar-refractivity contribution >= 4 is 57.2 Å². The van der Waals surface area contributed by atoms with Gasteiger partial charge >= 0.3 is 12.2 Å². The number of halogens is 2. The molecule has 0 aliphatic carbocycles. The molecule has 2 heterocycles. The Morgan fingerprint density at radius 3 is 1.90 bits per heavy atom. The lowest BCUT2D eigenvalue weighted by Gasteiger charge is -2.26. The van der Waals surface area contributed by atoms with E-state index in [1.165, 1.54) is 9.13 Å². The van der Waals surface area contributed by atoms with Gasteiger partial charge in [-0.3, -0.25) is 18.7 Å². The summed E-state index contributed by atoms with van der Waals surface area (Å²) in [5, 5.41) is 4.52. The number of hydrogen-bond donors (Lipinski definition) is 3. The molecule has 14 nitrogen and oxygen atoms in total. The molecule has 282 valence electrons. The molecule has 4 rings (SSSR count). The number of fused-ring (bicyclic) bond motifs is 2. The minimum absolute atomic E-state index is 0.0881. The molecule has 52 heavy (non-hydrogen) atoms. The van der Waals surface area contributed by atoms with Crippen LogP contribution in [0, 0.1) is 5.92 Å². The van der Waals surface area contributed by atoms with Crippen molar-refractivity contribution in [2.75, 3.05) is 13.1 Å². The van der Waals surface area contributed by atoms with Crippen molar-refractivity contribution in [3.05, 3.63) is 78.8 Å². The summed E-state index contributed by atoms with van der Waals surface area (Å²) in [7, 11) is 0. The maximum atomic E-state index is 13.7. The van der Waals surface area contributed by atoms with Crippen molar-refractivity contribution in [2.45, 2.75) is 98.0 Å². The molecule has 2 aromatic carbocycles. The van der Waals surface area contributed by atoms with Gasteiger partial charge in [0.1, 0.15) is 17.2 Å². The molecule has 0 spiro atoms. The number of nitrogens with zero attached hydrogens (tertiary/aromatic N) is 5. The Labute approximate surface area is 312 Å². The van der Waals surface area contributed by atoms with E-state index in [1.807, 2.05) is 20.8 Å². The predicted octanol–water partition coefficient (Wildman–Crippen LogP) is 6.23. The fourth-order valence-electron chi connectivity index (χ4n) is 5.69. The molecule has 0 saturated carbocycles. The van der Waals surface area contributed by atoms with Gasteiger partial charge in [-0.05, 0) is 76.6 Å². The van der Waals surface area contributed by atoms with Crippen molar-refractivity contribution in [1.82, 2.24) is 29.5 Å². The summed E-state index contributed by atoms with van der Waals surface area (Å²) in [6.45, 7) is 11.3. The number of carbonyl (C=O) groups excluding carboxylic acids is 2. The summed E-state index contributed by atoms with van der Waals surface area (Å²) in [6, 6.07) is 9.07. The highest BCUT2D eigenvalue weighted by molar-refractivity contribution is 6.35. The first-order valence-electron chi connectivity index (χ1n) is 17.4. The van der Waals surface area contributed by atoms with Gasteiger partial charge in [0.2, 0.25) is 0 Å². The van der Waals surface area contributed by atoms with Crippen LogP contribution >= 0.6 is 23.2 Å². The number of nitrogens with two attached hydrogens (primary N) is 2. The molecule has 0 bridgehead atoms. The number of amides is 2. The van der Waals surface area contributed by atoms with Crippen molar-refractivity contribution < 1.29 is 19.2 Å². The Kier molecular flexibility index (Phi) is 13.7. The van der Waals surface area contributed by atoms with Crippen LogP contribution in [-0.4, -0.2) is 55.0 Å². The van der Waals surface area contributed by atoms with Gasteiger partial charge in [-0.25, -0.2) is 19.6 Å². The minimum Gasteiger partial charge on any atom is -0.442 e. The summed E-state index contributed by atoms with van der Waals surface area (Å²) in [5.41, 5.74) is 12.1. The molecule has 4 aromatic rings. The highest BCUT2D eigenvalue weighted by atomic mass is 35.5. The number of rotatable bonds is 13. The molecule has 0 aliphatic rings. The standard InChI is InChI=1S/C36H48Cl2N8O6/c1-7-24(39)30-42-26-14-8-12-22(37)28(26)32(47)44(30)17-10-16-41-34(49)52-46(35(50)51-36(4,5)6)19-11-18-45-31(25(40)20-21(2)3)43-27-15-9-13-23(38)29(27)33(45)48/h8-9,12-15,21,24-25H,7,10-11,16-20,39-40H2,1-6H3,(H,41,49)/t24-,25?/m0/s1. The Balaban J connectivity index is 1.48. The van der Waals surface area contributed by atoms with Crippen LogP contribution in [0.25, 0.3) is 21.8 Å². The van der Waals surface area contributed by atoms with Gasteiger partial charge in [-0.15, -0.1) is 5.06 Å². The normalized spacial score (nSPS) is 13.0. The predicted molar refractivity (Wildman–Crippen MR) is 202 cm³/mol. The van der Waals surface area contributed by atoms with Crippen LogP contribution in [0.3, 0.4) is 0 Å². The van der Waals surface area contributed by atoms with Gasteiger partial charge in [-0.1, -0.05) is 56.1 Å². The van der Waals surface area contributed by atoms with E-state index in [-0.39, 0.29) is 70.5 Å². The summed E-state index contributed by atoms with van der Waals surface area (Å²) in [5.74, 6) is 1.05. The average Bonchev–Trinajstić information content (AvgIpc) is 3.06. The third-order valence-corrected chi connectivity index (χ3v) is 8.74. The van der Waals surface area contributed by atoms with E-state index < -0.39 is 29.9 Å². The molecule has 1 unspecified atom stereocenters. The SMILES string of the molecule is CC[C@H](N)c1nc2cccc(Cl)c2c(=O)n1CCCNC(=O)ON(CCCn1c(C(N)CC(C)C)nc2cccc(Cl)c2c1=O)C(=O)OC(C)(C)C. The lowest BCUT2D eigenvalue weighted by atomic mass is 10.0. The number of nitrogens with one attached hydrogen (secondary N) is 1. The van der Waals surface area contributed by atoms with Gasteiger partial charge in [0.15, 0.2) is 0 Å². The minimum atomic E-state index is -0.917. The van der Waals surface area contributed by atoms with Gasteiger partial charge < -0.3 is 26.4 Å². The van der Waals surface area contributed by atoms with Crippen molar-refractivity contribution in [2.24, 2.45) is 17.4 Å². The number of carbonyl (C=O) groups is 2. The molecule has 0 saturated heterocycles. The Bertz CT molecular complexity index is 2030. The molecule has 2 atom stereocenters. The third-order valence-electron chi connectivity index (χ3n) is 8.11. The molecule has 2 amide bonds. The second-order valence-electron chi connectivity index (χ2n) is 14.0. The van der Waals surface area contributed by atoms with Crippen LogP contribution in [0.1, 0.15) is 91.0 Å². The van der Waals surface area contributed by atoms with Crippen LogP contribution in [0.4, 0.5) is 9.59 Å². The second kappa shape index (κ2) is 17.5. The van der Waals surface area contributed by atoms with E-state index in [0.717, 1.165) is 5.06 Å². The zero-order chi connectivity index (χ0) is 38.3. The Morgan fingerprint density at radius 1 is 0.885 bits per heavy atom. The maximum Gasteiger partial charge on any atom is 0.443 e. The maximum absolute atomic E-state index is 13.7. The summed E-state index contributed by atoms with van der Waals surface area (Å²) in [4.78, 5) is 68.0. The zero-order valence-electron chi connectivity index (χ0n) is 30.4. The topological polar surface area (TPSA) is 190 Å². The van der Waals surface area contributed by atoms with E-state index in [2.05, 4.69) is 10.3 Å². The fraction of sp³-hybridized carbons (Fsp3) is 0.500. The van der Waals surface area contributed by atoms with Crippen LogP contribution in [0.15, 0.2) is 46.0 Å². The van der Waals surface area contributed by atoms with Gasteiger partial charge in [0.05, 0.1) is 50.5 Å². The first-order valence-corrected chi connectivity index (χ1v) is 18.1. The summed E-state index contributed by atoms with van der Waals surface area (Å²) < 4.78 is 8.43. The number of hydroxylamine groups is 2. The number of ether oxygens (including phenoxy) is 1. The van der Waals surface area contributed by atoms with Crippen molar-refractivity contribution in [3.8, 4) is 0 Å². The van der Waals surface area contributed by atoms with Crippen molar-refractivity contribution in [1.29, 1.82) is 0 Å².